The molecule has 2 aromatic carbocycles. The first kappa shape index (κ1) is 20.8. The molecule has 0 unspecified atom stereocenters. The molecule has 8 heteroatoms. The quantitative estimate of drug-likeness (QED) is 0.666. The predicted octanol–water partition coefficient (Wildman–Crippen LogP) is 2.88. The van der Waals surface area contributed by atoms with Crippen molar-refractivity contribution in [3.8, 4) is 11.3 Å². The van der Waals surface area contributed by atoms with Crippen LogP contribution in [-0.4, -0.2) is 59.4 Å². The second kappa shape index (κ2) is 9.57. The summed E-state index contributed by atoms with van der Waals surface area (Å²) < 4.78 is 0. The van der Waals surface area contributed by atoms with Crippen LogP contribution in [0.1, 0.15) is 10.4 Å². The van der Waals surface area contributed by atoms with Crippen LogP contribution in [0.2, 0.25) is 5.02 Å². The average Bonchev–Trinajstić information content (AvgIpc) is 2.83. The molecule has 1 aliphatic rings. The number of carbonyl (C=O) groups excluding carboxylic acids is 2. The number of nitrogens with one attached hydrogen (secondary N) is 1. The van der Waals surface area contributed by atoms with E-state index >= 15 is 0 Å². The molecular formula is C23H22ClN5O2. The minimum atomic E-state index is -0.293. The van der Waals surface area contributed by atoms with Crippen molar-refractivity contribution in [2.75, 3.05) is 37.6 Å². The molecule has 1 fully saturated rings. The van der Waals surface area contributed by atoms with Crippen LogP contribution in [0.15, 0.2) is 67.0 Å². The van der Waals surface area contributed by atoms with Gasteiger partial charge in [0, 0.05) is 48.4 Å². The lowest BCUT2D eigenvalue weighted by atomic mass is 10.1. The Kier molecular flexibility index (Phi) is 6.43. The summed E-state index contributed by atoms with van der Waals surface area (Å²) in [7, 11) is 0. The minimum Gasteiger partial charge on any atom is -0.353 e. The van der Waals surface area contributed by atoms with Gasteiger partial charge in [0.05, 0.1) is 12.2 Å². The first-order valence-electron chi connectivity index (χ1n) is 10.0. The number of piperazine rings is 1. The number of carbonyl (C=O) groups is 2. The highest BCUT2D eigenvalue weighted by Gasteiger charge is 2.22. The van der Waals surface area contributed by atoms with Gasteiger partial charge in [-0.25, -0.2) is 9.97 Å². The molecule has 1 aromatic heterocycles. The zero-order valence-corrected chi connectivity index (χ0v) is 17.6. The van der Waals surface area contributed by atoms with Gasteiger partial charge < -0.3 is 15.1 Å². The summed E-state index contributed by atoms with van der Waals surface area (Å²) in [6.45, 7) is 2.44. The SMILES string of the molecule is O=C(NCC(=O)N1CCN(c2cc(-c3ccccc3)ncn2)CC1)c1ccc(Cl)cc1. The van der Waals surface area contributed by atoms with E-state index < -0.39 is 0 Å². The van der Waals surface area contributed by atoms with Gasteiger partial charge in [0.2, 0.25) is 5.91 Å². The van der Waals surface area contributed by atoms with Gasteiger partial charge in [-0.15, -0.1) is 0 Å². The summed E-state index contributed by atoms with van der Waals surface area (Å²) >= 11 is 5.84. The molecule has 0 radical (unpaired) electrons. The molecule has 1 aliphatic heterocycles. The highest BCUT2D eigenvalue weighted by Crippen LogP contribution is 2.21. The Balaban J connectivity index is 1.30. The summed E-state index contributed by atoms with van der Waals surface area (Å²) in [5.41, 5.74) is 2.38. The molecular weight excluding hydrogens is 414 g/mol. The van der Waals surface area contributed by atoms with E-state index in [9.17, 15) is 9.59 Å². The van der Waals surface area contributed by atoms with Crippen molar-refractivity contribution < 1.29 is 9.59 Å². The molecule has 4 rings (SSSR count). The average molecular weight is 436 g/mol. The number of anilines is 1. The number of rotatable bonds is 5. The Morgan fingerprint density at radius 1 is 0.935 bits per heavy atom. The standard InChI is InChI=1S/C23H22ClN5O2/c24-19-8-6-18(7-9-19)23(31)25-15-22(30)29-12-10-28(11-13-29)21-14-20(26-16-27-21)17-4-2-1-3-5-17/h1-9,14,16H,10-13,15H2,(H,25,31). The second-order valence-electron chi connectivity index (χ2n) is 7.18. The Labute approximate surface area is 185 Å². The summed E-state index contributed by atoms with van der Waals surface area (Å²) in [5, 5.41) is 3.24. The van der Waals surface area contributed by atoms with Crippen LogP contribution in [0.4, 0.5) is 5.82 Å². The topological polar surface area (TPSA) is 78.4 Å². The van der Waals surface area contributed by atoms with E-state index in [1.165, 1.54) is 0 Å². The molecule has 2 amide bonds. The smallest absolute Gasteiger partial charge is 0.251 e. The van der Waals surface area contributed by atoms with Crippen LogP contribution in [0.25, 0.3) is 11.3 Å². The van der Waals surface area contributed by atoms with Crippen LogP contribution in [0, 0.1) is 0 Å². The maximum absolute atomic E-state index is 12.5. The van der Waals surface area contributed by atoms with Crippen molar-refractivity contribution in [2.45, 2.75) is 0 Å². The maximum atomic E-state index is 12.5. The number of amides is 2. The molecule has 0 aliphatic carbocycles. The van der Waals surface area contributed by atoms with Crippen molar-refractivity contribution in [1.82, 2.24) is 20.2 Å². The van der Waals surface area contributed by atoms with Gasteiger partial charge in [-0.3, -0.25) is 9.59 Å². The lowest BCUT2D eigenvalue weighted by molar-refractivity contribution is -0.130. The van der Waals surface area contributed by atoms with E-state index in [-0.39, 0.29) is 18.4 Å². The van der Waals surface area contributed by atoms with Gasteiger partial charge in [0.1, 0.15) is 12.1 Å². The van der Waals surface area contributed by atoms with E-state index in [1.807, 2.05) is 36.4 Å². The number of halogens is 1. The third-order valence-corrected chi connectivity index (χ3v) is 5.44. The first-order valence-corrected chi connectivity index (χ1v) is 10.4. The normalized spacial score (nSPS) is 13.7. The molecule has 7 nitrogen and oxygen atoms in total. The summed E-state index contributed by atoms with van der Waals surface area (Å²) in [5.74, 6) is 0.449. The molecule has 158 valence electrons. The minimum absolute atomic E-state index is 0.0346. The Morgan fingerprint density at radius 3 is 2.35 bits per heavy atom. The highest BCUT2D eigenvalue weighted by atomic mass is 35.5. The van der Waals surface area contributed by atoms with E-state index in [0.717, 1.165) is 17.1 Å². The molecule has 0 spiro atoms. The number of benzene rings is 2. The lowest BCUT2D eigenvalue weighted by Crippen LogP contribution is -2.51. The van der Waals surface area contributed by atoms with Crippen molar-refractivity contribution in [2.24, 2.45) is 0 Å². The fourth-order valence-corrected chi connectivity index (χ4v) is 3.57. The number of nitrogens with zero attached hydrogens (tertiary/aromatic N) is 4. The molecule has 3 aromatic rings. The first-order chi connectivity index (χ1) is 15.1. The third kappa shape index (κ3) is 5.19. The highest BCUT2D eigenvalue weighted by molar-refractivity contribution is 6.30. The van der Waals surface area contributed by atoms with Gasteiger partial charge in [0.15, 0.2) is 0 Å². The van der Waals surface area contributed by atoms with Crippen molar-refractivity contribution in [3.63, 3.8) is 0 Å². The largest absolute Gasteiger partial charge is 0.353 e. The number of hydrogen-bond donors (Lipinski definition) is 1. The van der Waals surface area contributed by atoms with E-state index in [0.29, 0.717) is 36.8 Å². The Hall–Kier alpha value is -3.45. The fourth-order valence-electron chi connectivity index (χ4n) is 3.44. The molecule has 1 N–H and O–H groups in total. The zero-order valence-electron chi connectivity index (χ0n) is 16.9. The summed E-state index contributed by atoms with van der Waals surface area (Å²) in [6.07, 6.45) is 1.57. The van der Waals surface area contributed by atoms with Gasteiger partial charge in [-0.05, 0) is 24.3 Å². The molecule has 2 heterocycles. The van der Waals surface area contributed by atoms with Gasteiger partial charge in [0.25, 0.3) is 5.91 Å². The molecule has 1 saturated heterocycles. The molecule has 0 bridgehead atoms. The van der Waals surface area contributed by atoms with E-state index in [2.05, 4.69) is 20.2 Å². The second-order valence-corrected chi connectivity index (χ2v) is 7.62. The van der Waals surface area contributed by atoms with Gasteiger partial charge >= 0.3 is 0 Å². The van der Waals surface area contributed by atoms with E-state index in [1.54, 1.807) is 35.5 Å². The molecule has 31 heavy (non-hydrogen) atoms. The van der Waals surface area contributed by atoms with Crippen LogP contribution >= 0.6 is 11.6 Å². The molecule has 0 atom stereocenters. The maximum Gasteiger partial charge on any atom is 0.251 e. The number of aromatic nitrogens is 2. The van der Waals surface area contributed by atoms with Crippen molar-refractivity contribution in [1.29, 1.82) is 0 Å². The summed E-state index contributed by atoms with van der Waals surface area (Å²) in [4.78, 5) is 37.4. The monoisotopic (exact) mass is 435 g/mol. The van der Waals surface area contributed by atoms with Crippen LogP contribution in [0.3, 0.4) is 0 Å². The van der Waals surface area contributed by atoms with Crippen LogP contribution in [0.5, 0.6) is 0 Å². The van der Waals surface area contributed by atoms with E-state index in [4.69, 9.17) is 11.6 Å². The van der Waals surface area contributed by atoms with Crippen LogP contribution in [-0.2, 0) is 4.79 Å². The van der Waals surface area contributed by atoms with Gasteiger partial charge in [-0.1, -0.05) is 41.9 Å². The Morgan fingerprint density at radius 2 is 1.65 bits per heavy atom. The van der Waals surface area contributed by atoms with Crippen molar-refractivity contribution in [3.05, 3.63) is 77.6 Å². The zero-order chi connectivity index (χ0) is 21.6. The lowest BCUT2D eigenvalue weighted by Gasteiger charge is -2.35. The molecule has 0 saturated carbocycles. The fraction of sp³-hybridized carbons (Fsp3) is 0.217. The van der Waals surface area contributed by atoms with Crippen LogP contribution < -0.4 is 10.2 Å². The number of hydrogen-bond acceptors (Lipinski definition) is 5. The third-order valence-electron chi connectivity index (χ3n) is 5.19. The Bertz CT molecular complexity index is 1050. The van der Waals surface area contributed by atoms with Crippen molar-refractivity contribution >= 4 is 29.2 Å². The van der Waals surface area contributed by atoms with Gasteiger partial charge in [-0.2, -0.15) is 0 Å². The summed E-state index contributed by atoms with van der Waals surface area (Å²) in [6, 6.07) is 18.5. The predicted molar refractivity (Wildman–Crippen MR) is 120 cm³/mol.